The van der Waals surface area contributed by atoms with Crippen LogP contribution in [-0.2, 0) is 11.3 Å². The molecule has 0 bridgehead atoms. The second-order valence-corrected chi connectivity index (χ2v) is 3.16. The summed E-state index contributed by atoms with van der Waals surface area (Å²) >= 11 is 0. The fourth-order valence-electron chi connectivity index (χ4n) is 1.23. The molecule has 1 heterocycles. The first kappa shape index (κ1) is 12.9. The molecule has 1 aromatic rings. The number of rotatable bonds is 7. The average molecular weight is 228 g/mol. The summed E-state index contributed by atoms with van der Waals surface area (Å²) in [5.74, 6) is -0.374. The Morgan fingerprint density at radius 2 is 2.25 bits per heavy atom. The maximum atomic E-state index is 13.7. The molecular formula is C11H17FN2O2. The zero-order chi connectivity index (χ0) is 11.8. The molecule has 0 saturated carbocycles. The van der Waals surface area contributed by atoms with E-state index in [9.17, 15) is 4.39 Å². The maximum absolute atomic E-state index is 13.7. The number of ether oxygens (including phenoxy) is 2. The number of nitrogens with one attached hydrogen (secondary N) is 1. The summed E-state index contributed by atoms with van der Waals surface area (Å²) in [4.78, 5) is 3.84. The molecule has 5 heteroatoms. The van der Waals surface area contributed by atoms with E-state index in [2.05, 4.69) is 10.3 Å². The number of pyridine rings is 1. The normalized spacial score (nSPS) is 10.4. The van der Waals surface area contributed by atoms with Crippen molar-refractivity contribution in [2.75, 3.05) is 26.9 Å². The van der Waals surface area contributed by atoms with Crippen LogP contribution in [0.15, 0.2) is 12.3 Å². The smallest absolute Gasteiger partial charge is 0.250 e. The van der Waals surface area contributed by atoms with Crippen molar-refractivity contribution in [2.45, 2.75) is 13.5 Å². The van der Waals surface area contributed by atoms with Crippen LogP contribution in [0.4, 0.5) is 4.39 Å². The van der Waals surface area contributed by atoms with Crippen LogP contribution < -0.4 is 10.1 Å². The highest BCUT2D eigenvalue weighted by Crippen LogP contribution is 2.16. The summed E-state index contributed by atoms with van der Waals surface area (Å²) in [6, 6.07) is 1.63. The number of halogens is 1. The van der Waals surface area contributed by atoms with Crippen LogP contribution in [0, 0.1) is 5.82 Å². The third kappa shape index (κ3) is 3.75. The summed E-state index contributed by atoms with van der Waals surface area (Å²) in [6.45, 7) is 3.72. The molecule has 0 fully saturated rings. The zero-order valence-corrected chi connectivity index (χ0v) is 9.62. The van der Waals surface area contributed by atoms with E-state index < -0.39 is 5.82 Å². The highest BCUT2D eigenvalue weighted by atomic mass is 19.1. The molecule has 90 valence electrons. The first-order valence-corrected chi connectivity index (χ1v) is 5.28. The number of hydrogen-bond acceptors (Lipinski definition) is 4. The molecule has 1 N–H and O–H groups in total. The van der Waals surface area contributed by atoms with E-state index in [1.807, 2.05) is 6.92 Å². The SMILES string of the molecule is CCOCCOc1nccc(CNC)c1F. The quantitative estimate of drug-likeness (QED) is 0.715. The molecule has 4 nitrogen and oxygen atoms in total. The Bertz CT molecular complexity index is 321. The lowest BCUT2D eigenvalue weighted by atomic mass is 10.2. The van der Waals surface area contributed by atoms with Crippen LogP contribution in [0.3, 0.4) is 0 Å². The van der Waals surface area contributed by atoms with Crippen molar-refractivity contribution < 1.29 is 13.9 Å². The third-order valence-electron chi connectivity index (χ3n) is 1.98. The largest absolute Gasteiger partial charge is 0.473 e. The van der Waals surface area contributed by atoms with Crippen LogP contribution in [0.5, 0.6) is 5.88 Å². The van der Waals surface area contributed by atoms with Gasteiger partial charge in [0, 0.05) is 24.9 Å². The Hall–Kier alpha value is -1.20. The predicted molar refractivity (Wildman–Crippen MR) is 58.9 cm³/mol. The van der Waals surface area contributed by atoms with Gasteiger partial charge in [-0.2, -0.15) is 0 Å². The summed E-state index contributed by atoms with van der Waals surface area (Å²) in [7, 11) is 1.76. The summed E-state index contributed by atoms with van der Waals surface area (Å²) in [6.07, 6.45) is 1.53. The molecule has 0 aliphatic carbocycles. The van der Waals surface area contributed by atoms with Crippen LogP contribution in [0.25, 0.3) is 0 Å². The van der Waals surface area contributed by atoms with Crippen LogP contribution >= 0.6 is 0 Å². The summed E-state index contributed by atoms with van der Waals surface area (Å²) < 4.78 is 24.0. The second-order valence-electron chi connectivity index (χ2n) is 3.16. The van der Waals surface area contributed by atoms with E-state index in [0.717, 1.165) is 0 Å². The first-order valence-electron chi connectivity index (χ1n) is 5.28. The average Bonchev–Trinajstić information content (AvgIpc) is 2.29. The standard InChI is InChI=1S/C11H17FN2O2/c1-3-15-6-7-16-11-10(12)9(8-13-2)4-5-14-11/h4-5,13H,3,6-8H2,1-2H3. The van der Waals surface area contributed by atoms with Gasteiger partial charge < -0.3 is 14.8 Å². The fourth-order valence-corrected chi connectivity index (χ4v) is 1.23. The number of hydrogen-bond donors (Lipinski definition) is 1. The lowest BCUT2D eigenvalue weighted by Crippen LogP contribution is -2.11. The van der Waals surface area contributed by atoms with E-state index in [-0.39, 0.29) is 5.88 Å². The minimum absolute atomic E-state index is 0.0347. The van der Waals surface area contributed by atoms with Gasteiger partial charge in [-0.15, -0.1) is 0 Å². The van der Waals surface area contributed by atoms with Crippen molar-refractivity contribution in [1.29, 1.82) is 0 Å². The Morgan fingerprint density at radius 3 is 2.94 bits per heavy atom. The topological polar surface area (TPSA) is 43.4 Å². The Kier molecular flexibility index (Phi) is 5.74. The lowest BCUT2D eigenvalue weighted by molar-refractivity contribution is 0.106. The third-order valence-corrected chi connectivity index (χ3v) is 1.98. The minimum atomic E-state index is -0.409. The van der Waals surface area contributed by atoms with Crippen molar-refractivity contribution in [1.82, 2.24) is 10.3 Å². The van der Waals surface area contributed by atoms with Gasteiger partial charge in [0.15, 0.2) is 5.82 Å². The highest BCUT2D eigenvalue weighted by molar-refractivity contribution is 5.23. The van der Waals surface area contributed by atoms with Gasteiger partial charge >= 0.3 is 0 Å². The molecule has 0 saturated heterocycles. The van der Waals surface area contributed by atoms with Crippen LogP contribution in [-0.4, -0.2) is 31.9 Å². The molecule has 0 spiro atoms. The molecule has 0 aliphatic heterocycles. The van der Waals surface area contributed by atoms with Crippen LogP contribution in [0.2, 0.25) is 0 Å². The lowest BCUT2D eigenvalue weighted by Gasteiger charge is -2.08. The van der Waals surface area contributed by atoms with E-state index >= 15 is 0 Å². The highest BCUT2D eigenvalue weighted by Gasteiger charge is 2.09. The molecule has 0 unspecified atom stereocenters. The van der Waals surface area contributed by atoms with Crippen molar-refractivity contribution in [3.63, 3.8) is 0 Å². The zero-order valence-electron chi connectivity index (χ0n) is 9.62. The Morgan fingerprint density at radius 1 is 1.44 bits per heavy atom. The van der Waals surface area contributed by atoms with Gasteiger partial charge in [-0.3, -0.25) is 0 Å². The molecule has 1 aromatic heterocycles. The molecule has 0 amide bonds. The van der Waals surface area contributed by atoms with Gasteiger partial charge in [0.05, 0.1) is 6.61 Å². The van der Waals surface area contributed by atoms with Crippen molar-refractivity contribution in [3.05, 3.63) is 23.6 Å². The number of nitrogens with zero attached hydrogens (tertiary/aromatic N) is 1. The summed E-state index contributed by atoms with van der Waals surface area (Å²) in [5, 5.41) is 2.88. The minimum Gasteiger partial charge on any atom is -0.473 e. The Labute approximate surface area is 94.8 Å². The van der Waals surface area contributed by atoms with Crippen molar-refractivity contribution in [2.24, 2.45) is 0 Å². The maximum Gasteiger partial charge on any atom is 0.250 e. The molecule has 0 atom stereocenters. The molecule has 16 heavy (non-hydrogen) atoms. The predicted octanol–water partition coefficient (Wildman–Crippen LogP) is 1.36. The fraction of sp³-hybridized carbons (Fsp3) is 0.545. The summed E-state index contributed by atoms with van der Waals surface area (Å²) in [5.41, 5.74) is 0.545. The van der Waals surface area contributed by atoms with Crippen LogP contribution in [0.1, 0.15) is 12.5 Å². The van der Waals surface area contributed by atoms with Gasteiger partial charge in [0.25, 0.3) is 5.88 Å². The molecular weight excluding hydrogens is 211 g/mol. The first-order chi connectivity index (χ1) is 7.79. The van der Waals surface area contributed by atoms with Crippen molar-refractivity contribution in [3.8, 4) is 5.88 Å². The van der Waals surface area contributed by atoms with Gasteiger partial charge in [0.1, 0.15) is 6.61 Å². The van der Waals surface area contributed by atoms with Gasteiger partial charge in [-0.25, -0.2) is 9.37 Å². The monoisotopic (exact) mass is 228 g/mol. The van der Waals surface area contributed by atoms with E-state index in [4.69, 9.17) is 9.47 Å². The van der Waals surface area contributed by atoms with Gasteiger partial charge in [0.2, 0.25) is 0 Å². The molecule has 0 aromatic carbocycles. The van der Waals surface area contributed by atoms with Crippen molar-refractivity contribution >= 4 is 0 Å². The van der Waals surface area contributed by atoms with Gasteiger partial charge in [-0.1, -0.05) is 0 Å². The number of aromatic nitrogens is 1. The Balaban J connectivity index is 2.55. The molecule has 0 radical (unpaired) electrons. The van der Waals surface area contributed by atoms with Gasteiger partial charge in [-0.05, 0) is 20.0 Å². The van der Waals surface area contributed by atoms with E-state index in [1.165, 1.54) is 6.20 Å². The van der Waals surface area contributed by atoms with E-state index in [1.54, 1.807) is 13.1 Å². The molecule has 1 rings (SSSR count). The van der Waals surface area contributed by atoms with E-state index in [0.29, 0.717) is 31.9 Å². The second kappa shape index (κ2) is 7.14. The molecule has 0 aliphatic rings.